The van der Waals surface area contributed by atoms with Crippen LogP contribution in [0.4, 0.5) is 0 Å². The zero-order chi connectivity index (χ0) is 14.6. The average molecular weight is 412 g/mol. The third-order valence-electron chi connectivity index (χ3n) is 2.47. The van der Waals surface area contributed by atoms with Gasteiger partial charge < -0.3 is 10.1 Å². The van der Waals surface area contributed by atoms with E-state index in [1.165, 1.54) is 11.8 Å². The zero-order valence-corrected chi connectivity index (χ0v) is 14.3. The van der Waals surface area contributed by atoms with Crippen molar-refractivity contribution in [3.8, 4) is 6.07 Å². The molecule has 0 fully saturated rings. The van der Waals surface area contributed by atoms with Crippen LogP contribution in [0.25, 0.3) is 0 Å². The van der Waals surface area contributed by atoms with Crippen LogP contribution in [0.5, 0.6) is 0 Å². The van der Waals surface area contributed by atoms with Gasteiger partial charge in [0.1, 0.15) is 0 Å². The highest BCUT2D eigenvalue weighted by molar-refractivity contribution is 9.15. The summed E-state index contributed by atoms with van der Waals surface area (Å²) in [5.74, 6) is -1.12. The highest BCUT2D eigenvalue weighted by Gasteiger charge is 2.37. The number of hydrogen-bond acceptors (Lipinski definition) is 5. The highest BCUT2D eigenvalue weighted by atomic mass is 79.9. The second kappa shape index (κ2) is 7.31. The number of halogens is 2. The third-order valence-corrected chi connectivity index (χ3v) is 6.67. The van der Waals surface area contributed by atoms with E-state index < -0.39 is 12.0 Å². The maximum absolute atomic E-state index is 12.1. The number of thioether (sulfide) groups is 1. The Hall–Kier alpha value is -0.520. The van der Waals surface area contributed by atoms with Gasteiger partial charge in [0.25, 0.3) is 0 Å². The molecular weight excluding hydrogens is 400 g/mol. The summed E-state index contributed by atoms with van der Waals surface area (Å²) in [4.78, 5) is 23.5. The van der Waals surface area contributed by atoms with Crippen molar-refractivity contribution in [1.29, 1.82) is 5.26 Å². The van der Waals surface area contributed by atoms with Crippen molar-refractivity contribution in [3.63, 3.8) is 0 Å². The molecule has 1 aliphatic rings. The minimum Gasteiger partial charge on any atom is -0.464 e. The van der Waals surface area contributed by atoms with Crippen molar-refractivity contribution in [2.75, 3.05) is 6.61 Å². The number of carbonyl (C=O) groups excluding carboxylic acids is 2. The fourth-order valence-corrected chi connectivity index (χ4v) is 4.18. The SMILES string of the molecule is CCOC(=O)C(C#N)NC(=O)C1SC(Br)=C(Br)C1C. The Morgan fingerprint density at radius 1 is 1.58 bits per heavy atom. The molecule has 0 radical (unpaired) electrons. The van der Waals surface area contributed by atoms with E-state index in [1.54, 1.807) is 13.0 Å². The van der Waals surface area contributed by atoms with Gasteiger partial charge in [0.2, 0.25) is 11.9 Å². The molecule has 0 saturated carbocycles. The molecule has 3 unspecified atom stereocenters. The normalized spacial score (nSPS) is 23.7. The number of nitriles is 1. The number of carbonyl (C=O) groups is 2. The molecule has 0 aromatic heterocycles. The molecule has 1 rings (SSSR count). The van der Waals surface area contributed by atoms with Crippen LogP contribution in [0.3, 0.4) is 0 Å². The summed E-state index contributed by atoms with van der Waals surface area (Å²) in [6, 6.07) is 0.460. The Balaban J connectivity index is 2.66. The Bertz CT molecular complexity index is 461. The smallest absolute Gasteiger partial charge is 0.343 e. The molecule has 0 saturated heterocycles. The number of rotatable bonds is 4. The minimum atomic E-state index is -1.27. The van der Waals surface area contributed by atoms with Crippen LogP contribution >= 0.6 is 43.6 Å². The Morgan fingerprint density at radius 2 is 2.21 bits per heavy atom. The molecule has 0 spiro atoms. The number of allylic oxidation sites excluding steroid dienone is 1. The quantitative estimate of drug-likeness (QED) is 0.717. The first kappa shape index (κ1) is 16.5. The molecule has 0 aromatic carbocycles. The van der Waals surface area contributed by atoms with Crippen molar-refractivity contribution >= 4 is 55.5 Å². The topological polar surface area (TPSA) is 79.2 Å². The van der Waals surface area contributed by atoms with E-state index in [1.807, 2.05) is 6.92 Å². The van der Waals surface area contributed by atoms with E-state index in [4.69, 9.17) is 10.00 Å². The number of esters is 1. The molecule has 104 valence electrons. The van der Waals surface area contributed by atoms with Gasteiger partial charge in [-0.05, 0) is 22.9 Å². The lowest BCUT2D eigenvalue weighted by atomic mass is 10.1. The average Bonchev–Trinajstić information content (AvgIpc) is 2.63. The van der Waals surface area contributed by atoms with E-state index >= 15 is 0 Å². The van der Waals surface area contributed by atoms with E-state index in [0.29, 0.717) is 0 Å². The van der Waals surface area contributed by atoms with E-state index in [-0.39, 0.29) is 23.7 Å². The number of nitrogens with one attached hydrogen (secondary N) is 1. The largest absolute Gasteiger partial charge is 0.464 e. The molecule has 0 aromatic rings. The van der Waals surface area contributed by atoms with Crippen LogP contribution in [0.2, 0.25) is 0 Å². The van der Waals surface area contributed by atoms with E-state index in [2.05, 4.69) is 37.2 Å². The van der Waals surface area contributed by atoms with E-state index in [9.17, 15) is 9.59 Å². The summed E-state index contributed by atoms with van der Waals surface area (Å²) in [6.07, 6.45) is 0. The summed E-state index contributed by atoms with van der Waals surface area (Å²) in [7, 11) is 0. The van der Waals surface area contributed by atoms with Gasteiger partial charge in [-0.25, -0.2) is 4.79 Å². The predicted molar refractivity (Wildman–Crippen MR) is 79.6 cm³/mol. The van der Waals surface area contributed by atoms with Gasteiger partial charge in [-0.3, -0.25) is 4.79 Å². The summed E-state index contributed by atoms with van der Waals surface area (Å²) in [5, 5.41) is 10.9. The van der Waals surface area contributed by atoms with Crippen LogP contribution in [-0.4, -0.2) is 29.8 Å². The Kier molecular flexibility index (Phi) is 6.36. The van der Waals surface area contributed by atoms with Crippen molar-refractivity contribution in [3.05, 3.63) is 8.30 Å². The summed E-state index contributed by atoms with van der Waals surface area (Å²) < 4.78 is 6.47. The number of nitrogens with zero attached hydrogens (tertiary/aromatic N) is 1. The lowest BCUT2D eigenvalue weighted by molar-refractivity contribution is -0.145. The van der Waals surface area contributed by atoms with Crippen LogP contribution in [0, 0.1) is 17.2 Å². The molecule has 19 heavy (non-hydrogen) atoms. The molecule has 5 nitrogen and oxygen atoms in total. The molecule has 3 atom stereocenters. The van der Waals surface area contributed by atoms with Gasteiger partial charge in [-0.15, -0.1) is 11.8 Å². The fourth-order valence-electron chi connectivity index (χ4n) is 1.46. The summed E-state index contributed by atoms with van der Waals surface area (Å²) >= 11 is 8.08. The van der Waals surface area contributed by atoms with Crippen LogP contribution in [0.1, 0.15) is 13.8 Å². The summed E-state index contributed by atoms with van der Waals surface area (Å²) in [6.45, 7) is 3.70. The van der Waals surface area contributed by atoms with Gasteiger partial charge in [0.15, 0.2) is 0 Å². The van der Waals surface area contributed by atoms with Crippen LogP contribution in [0.15, 0.2) is 8.30 Å². The Morgan fingerprint density at radius 3 is 2.63 bits per heavy atom. The van der Waals surface area contributed by atoms with Crippen molar-refractivity contribution in [1.82, 2.24) is 5.32 Å². The van der Waals surface area contributed by atoms with Gasteiger partial charge in [0.05, 0.1) is 21.7 Å². The first-order valence-corrected chi connectivity index (χ1v) is 7.97. The highest BCUT2D eigenvalue weighted by Crippen LogP contribution is 2.47. The first-order valence-electron chi connectivity index (χ1n) is 5.50. The molecule has 1 amide bonds. The molecule has 0 bridgehead atoms. The third kappa shape index (κ3) is 3.97. The van der Waals surface area contributed by atoms with Crippen LogP contribution < -0.4 is 5.32 Å². The first-order chi connectivity index (χ1) is 8.92. The molecule has 1 heterocycles. The second-order valence-corrected chi connectivity index (χ2v) is 7.10. The zero-order valence-electron chi connectivity index (χ0n) is 10.3. The monoisotopic (exact) mass is 410 g/mol. The summed E-state index contributed by atoms with van der Waals surface area (Å²) in [5.41, 5.74) is 0. The van der Waals surface area contributed by atoms with Crippen molar-refractivity contribution < 1.29 is 14.3 Å². The second-order valence-electron chi connectivity index (χ2n) is 3.77. The van der Waals surface area contributed by atoms with Crippen molar-refractivity contribution in [2.24, 2.45) is 5.92 Å². The van der Waals surface area contributed by atoms with Gasteiger partial charge in [-0.1, -0.05) is 22.9 Å². The molecule has 1 aliphatic heterocycles. The fraction of sp³-hybridized carbons (Fsp3) is 0.545. The number of amides is 1. The molecule has 8 heteroatoms. The van der Waals surface area contributed by atoms with Gasteiger partial charge >= 0.3 is 5.97 Å². The standard InChI is InChI=1S/C11H12Br2N2O3S/c1-3-18-11(17)6(4-14)15-10(16)8-5(2)7(12)9(13)19-8/h5-6,8H,3H2,1-2H3,(H,15,16). The lowest BCUT2D eigenvalue weighted by Crippen LogP contribution is -2.45. The molecule has 0 aliphatic carbocycles. The predicted octanol–water partition coefficient (Wildman–Crippen LogP) is 2.27. The maximum atomic E-state index is 12.1. The lowest BCUT2D eigenvalue weighted by Gasteiger charge is -2.17. The number of hydrogen-bond donors (Lipinski definition) is 1. The van der Waals surface area contributed by atoms with Crippen molar-refractivity contribution in [2.45, 2.75) is 25.1 Å². The number of ether oxygens (including phenoxy) is 1. The Labute approximate surface area is 132 Å². The van der Waals surface area contributed by atoms with Gasteiger partial charge in [-0.2, -0.15) is 5.26 Å². The van der Waals surface area contributed by atoms with E-state index in [0.717, 1.165) is 8.30 Å². The van der Waals surface area contributed by atoms with Gasteiger partial charge in [0, 0.05) is 10.4 Å². The molecular formula is C11H12Br2N2O3S. The minimum absolute atomic E-state index is 0.0269. The maximum Gasteiger partial charge on any atom is 0.343 e. The molecule has 1 N–H and O–H groups in total. The van der Waals surface area contributed by atoms with Crippen LogP contribution in [-0.2, 0) is 14.3 Å².